The molecule has 2 aliphatic rings. The maximum Gasteiger partial charge on any atom is 0.294 e. The van der Waals surface area contributed by atoms with Crippen molar-refractivity contribution in [1.29, 1.82) is 0 Å². The van der Waals surface area contributed by atoms with Gasteiger partial charge in [0.1, 0.15) is 0 Å². The number of amides is 2. The quantitative estimate of drug-likeness (QED) is 0.753. The molecule has 2 saturated heterocycles. The van der Waals surface area contributed by atoms with Crippen LogP contribution < -0.4 is 4.90 Å². The van der Waals surface area contributed by atoms with Gasteiger partial charge in [0.15, 0.2) is 0 Å². The lowest BCUT2D eigenvalue weighted by molar-refractivity contribution is -0.124. The van der Waals surface area contributed by atoms with Crippen LogP contribution in [0.25, 0.3) is 6.08 Å². The van der Waals surface area contributed by atoms with Crippen LogP contribution in [0.15, 0.2) is 52.7 Å². The van der Waals surface area contributed by atoms with Gasteiger partial charge in [-0.2, -0.15) is 0 Å². The third-order valence-corrected chi connectivity index (χ3v) is 6.25. The van der Waals surface area contributed by atoms with Crippen molar-refractivity contribution in [2.24, 2.45) is 0 Å². The molecule has 1 aromatic carbocycles. The van der Waals surface area contributed by atoms with Crippen LogP contribution in [0.5, 0.6) is 0 Å². The zero-order chi connectivity index (χ0) is 17.9. The van der Waals surface area contributed by atoms with Crippen LogP contribution in [0, 0.1) is 0 Å². The standard InChI is InChI=1S/C19H19N3O2S2/c23-18-17(13-16-7-4-12-25-16)26-19(24)22(18)14-20-8-10-21(11-9-20)15-5-2-1-3-6-15/h1-7,12-13H,8-11,14H2/b17-13+. The number of benzene rings is 1. The summed E-state index contributed by atoms with van der Waals surface area (Å²) in [5, 5.41) is 1.78. The number of para-hydroxylation sites is 1. The Bertz CT molecular complexity index is 813. The molecule has 0 spiro atoms. The third kappa shape index (κ3) is 3.70. The number of thiophene rings is 1. The van der Waals surface area contributed by atoms with E-state index in [0.717, 1.165) is 42.8 Å². The van der Waals surface area contributed by atoms with E-state index >= 15 is 0 Å². The number of nitrogens with zero attached hydrogens (tertiary/aromatic N) is 3. The Labute approximate surface area is 160 Å². The second kappa shape index (κ2) is 7.65. The lowest BCUT2D eigenvalue weighted by atomic mass is 10.2. The number of thioether (sulfide) groups is 1. The van der Waals surface area contributed by atoms with Crippen LogP contribution >= 0.6 is 23.1 Å². The van der Waals surface area contributed by atoms with E-state index in [1.165, 1.54) is 10.6 Å². The summed E-state index contributed by atoms with van der Waals surface area (Å²) < 4.78 is 0. The molecule has 2 aromatic rings. The first-order valence-electron chi connectivity index (χ1n) is 8.52. The molecule has 2 fully saturated rings. The van der Waals surface area contributed by atoms with Gasteiger partial charge >= 0.3 is 0 Å². The summed E-state index contributed by atoms with van der Waals surface area (Å²) in [6, 6.07) is 14.2. The zero-order valence-electron chi connectivity index (χ0n) is 14.2. The van der Waals surface area contributed by atoms with Crippen molar-refractivity contribution in [1.82, 2.24) is 9.80 Å². The highest BCUT2D eigenvalue weighted by Gasteiger charge is 2.36. The monoisotopic (exact) mass is 385 g/mol. The Morgan fingerprint density at radius 2 is 1.73 bits per heavy atom. The van der Waals surface area contributed by atoms with E-state index in [0.29, 0.717) is 11.6 Å². The molecule has 1 aromatic heterocycles. The number of carbonyl (C=O) groups is 2. The second-order valence-electron chi connectivity index (χ2n) is 6.21. The summed E-state index contributed by atoms with van der Waals surface area (Å²) in [7, 11) is 0. The molecule has 134 valence electrons. The van der Waals surface area contributed by atoms with Crippen LogP contribution in [0.1, 0.15) is 4.88 Å². The van der Waals surface area contributed by atoms with Gasteiger partial charge in [0, 0.05) is 36.7 Å². The highest BCUT2D eigenvalue weighted by molar-refractivity contribution is 8.18. The van der Waals surface area contributed by atoms with Crippen LogP contribution in [0.4, 0.5) is 10.5 Å². The number of piperazine rings is 1. The van der Waals surface area contributed by atoms with E-state index < -0.39 is 0 Å². The first-order chi connectivity index (χ1) is 12.7. The summed E-state index contributed by atoms with van der Waals surface area (Å²) >= 11 is 2.59. The molecule has 2 amide bonds. The molecule has 0 unspecified atom stereocenters. The Morgan fingerprint density at radius 1 is 0.962 bits per heavy atom. The molecule has 26 heavy (non-hydrogen) atoms. The minimum absolute atomic E-state index is 0.178. The van der Waals surface area contributed by atoms with Crippen LogP contribution in [-0.4, -0.2) is 53.8 Å². The highest BCUT2D eigenvalue weighted by atomic mass is 32.2. The number of carbonyl (C=O) groups excluding carboxylic acids is 2. The van der Waals surface area contributed by atoms with Crippen LogP contribution in [0.2, 0.25) is 0 Å². The topological polar surface area (TPSA) is 43.9 Å². The predicted octanol–water partition coefficient (Wildman–Crippen LogP) is 3.56. The summed E-state index contributed by atoms with van der Waals surface area (Å²) in [5.41, 5.74) is 1.22. The van der Waals surface area contributed by atoms with Crippen molar-refractivity contribution in [3.8, 4) is 0 Å². The maximum atomic E-state index is 12.6. The molecule has 0 aliphatic carbocycles. The smallest absolute Gasteiger partial charge is 0.294 e. The molecule has 0 N–H and O–H groups in total. The molecule has 2 aliphatic heterocycles. The molecule has 3 heterocycles. The Balaban J connectivity index is 1.36. The maximum absolute atomic E-state index is 12.6. The minimum Gasteiger partial charge on any atom is -0.369 e. The van der Waals surface area contributed by atoms with Gasteiger partial charge in [0.05, 0.1) is 11.6 Å². The van der Waals surface area contributed by atoms with E-state index in [-0.39, 0.29) is 11.1 Å². The molecular formula is C19H19N3O2S2. The average molecular weight is 386 g/mol. The fourth-order valence-corrected chi connectivity index (χ4v) is 4.67. The highest BCUT2D eigenvalue weighted by Crippen LogP contribution is 2.33. The second-order valence-corrected chi connectivity index (χ2v) is 8.18. The number of anilines is 1. The molecule has 0 bridgehead atoms. The Hall–Kier alpha value is -2.09. The zero-order valence-corrected chi connectivity index (χ0v) is 15.8. The number of hydrogen-bond acceptors (Lipinski definition) is 6. The van der Waals surface area contributed by atoms with Gasteiger partial charge in [-0.1, -0.05) is 24.3 Å². The molecular weight excluding hydrogens is 366 g/mol. The van der Waals surface area contributed by atoms with Gasteiger partial charge in [0.25, 0.3) is 11.1 Å². The van der Waals surface area contributed by atoms with Crippen LogP contribution in [-0.2, 0) is 4.79 Å². The average Bonchev–Trinajstić information content (AvgIpc) is 3.27. The lowest BCUT2D eigenvalue weighted by Gasteiger charge is -2.37. The van der Waals surface area contributed by atoms with Gasteiger partial charge in [0.2, 0.25) is 0 Å². The van der Waals surface area contributed by atoms with Crippen molar-refractivity contribution in [2.75, 3.05) is 37.7 Å². The molecule has 4 rings (SSSR count). The van der Waals surface area contributed by atoms with Crippen molar-refractivity contribution < 1.29 is 9.59 Å². The number of rotatable bonds is 4. The summed E-state index contributed by atoms with van der Waals surface area (Å²) in [4.78, 5) is 32.2. The molecule has 0 atom stereocenters. The van der Waals surface area contributed by atoms with E-state index in [1.807, 2.05) is 41.8 Å². The fraction of sp³-hybridized carbons (Fsp3) is 0.263. The normalized spacial score (nSPS) is 20.4. The minimum atomic E-state index is -0.182. The molecule has 7 heteroatoms. The third-order valence-electron chi connectivity index (χ3n) is 4.53. The van der Waals surface area contributed by atoms with Crippen molar-refractivity contribution >= 4 is 46.0 Å². The Kier molecular flexibility index (Phi) is 5.10. The van der Waals surface area contributed by atoms with Gasteiger partial charge in [-0.15, -0.1) is 11.3 Å². The van der Waals surface area contributed by atoms with E-state index in [1.54, 1.807) is 11.3 Å². The predicted molar refractivity (Wildman–Crippen MR) is 107 cm³/mol. The molecule has 5 nitrogen and oxygen atoms in total. The summed E-state index contributed by atoms with van der Waals surface area (Å²) in [5.74, 6) is -0.182. The van der Waals surface area contributed by atoms with E-state index in [9.17, 15) is 9.59 Å². The van der Waals surface area contributed by atoms with Gasteiger partial charge in [-0.3, -0.25) is 19.4 Å². The van der Waals surface area contributed by atoms with Gasteiger partial charge < -0.3 is 4.90 Å². The number of hydrogen-bond donors (Lipinski definition) is 0. The van der Waals surface area contributed by atoms with E-state index in [4.69, 9.17) is 0 Å². The largest absolute Gasteiger partial charge is 0.369 e. The van der Waals surface area contributed by atoms with Gasteiger partial charge in [-0.05, 0) is 41.4 Å². The van der Waals surface area contributed by atoms with Crippen LogP contribution in [0.3, 0.4) is 0 Å². The Morgan fingerprint density at radius 3 is 2.42 bits per heavy atom. The fourth-order valence-electron chi connectivity index (χ4n) is 3.11. The van der Waals surface area contributed by atoms with Gasteiger partial charge in [-0.25, -0.2) is 0 Å². The first-order valence-corrected chi connectivity index (χ1v) is 10.2. The van der Waals surface area contributed by atoms with Crippen molar-refractivity contribution in [3.63, 3.8) is 0 Å². The van der Waals surface area contributed by atoms with Crippen molar-refractivity contribution in [2.45, 2.75) is 0 Å². The lowest BCUT2D eigenvalue weighted by Crippen LogP contribution is -2.50. The summed E-state index contributed by atoms with van der Waals surface area (Å²) in [6.07, 6.45) is 1.81. The van der Waals surface area contributed by atoms with E-state index in [2.05, 4.69) is 21.9 Å². The first kappa shape index (κ1) is 17.3. The summed E-state index contributed by atoms with van der Waals surface area (Å²) in [6.45, 7) is 3.83. The number of imide groups is 1. The molecule has 0 saturated carbocycles. The SMILES string of the molecule is O=C1S/C(=C/c2cccs2)C(=O)N1CN1CCN(c2ccccc2)CC1. The molecule has 0 radical (unpaired) electrons. The van der Waals surface area contributed by atoms with Crippen molar-refractivity contribution in [3.05, 3.63) is 57.6 Å².